The molecule has 1 atom stereocenters. The van der Waals surface area contributed by atoms with E-state index < -0.39 is 5.09 Å². The molecule has 1 rings (SSSR count). The van der Waals surface area contributed by atoms with Gasteiger partial charge in [-0.2, -0.15) is 0 Å². The molecule has 7 nitrogen and oxygen atoms in total. The van der Waals surface area contributed by atoms with Crippen LogP contribution in [0.1, 0.15) is 12.8 Å². The fraction of sp³-hybridized carbons (Fsp3) is 0.833. The van der Waals surface area contributed by atoms with Crippen molar-refractivity contribution in [3.63, 3.8) is 0 Å². The third kappa shape index (κ3) is 11.7. The summed E-state index contributed by atoms with van der Waals surface area (Å²) < 4.78 is 4.45. The van der Waals surface area contributed by atoms with Crippen LogP contribution in [-0.4, -0.2) is 36.0 Å². The molecule has 0 bridgehead atoms. The monoisotopic (exact) mass is 280 g/mol. The number of nitrogens with zero attached hydrogens (tertiary/aromatic N) is 1. The van der Waals surface area contributed by atoms with E-state index in [1.165, 1.54) is 12.9 Å². The Labute approximate surface area is 106 Å². The normalized spacial score (nSPS) is 18.4. The molecule has 0 amide bonds. The van der Waals surface area contributed by atoms with Gasteiger partial charge < -0.3 is 20.1 Å². The van der Waals surface area contributed by atoms with Gasteiger partial charge in [-0.25, -0.2) is 0 Å². The molecule has 79 valence electrons. The maximum Gasteiger partial charge on any atom is 0.291 e. The van der Waals surface area contributed by atoms with Crippen molar-refractivity contribution < 1.29 is 52.5 Å². The topological polar surface area (TPSA) is 102 Å². The summed E-state index contributed by atoms with van der Waals surface area (Å²) in [6.45, 7) is 2.93. The van der Waals surface area contributed by atoms with Gasteiger partial charge in [0.2, 0.25) is 0 Å². The maximum absolute atomic E-state index is 9.59. The Morgan fingerprint density at radius 3 is 2.64 bits per heavy atom. The summed E-state index contributed by atoms with van der Waals surface area (Å²) in [7, 11) is 0. The van der Waals surface area contributed by atoms with Crippen molar-refractivity contribution in [2.24, 2.45) is 0 Å². The van der Waals surface area contributed by atoms with Gasteiger partial charge in [-0.1, -0.05) is 6.47 Å². The number of ether oxygens (including phenoxy) is 1. The van der Waals surface area contributed by atoms with Crippen molar-refractivity contribution in [3.8, 4) is 0 Å². The molecule has 0 aromatic carbocycles. The zero-order valence-electron chi connectivity index (χ0n) is 7.51. The van der Waals surface area contributed by atoms with E-state index in [0.717, 1.165) is 13.0 Å². The van der Waals surface area contributed by atoms with Gasteiger partial charge in [-0.05, 0) is 19.4 Å². The summed E-state index contributed by atoms with van der Waals surface area (Å²) in [6.07, 6.45) is 2.30. The molecule has 0 aliphatic carbocycles. The van der Waals surface area contributed by atoms with E-state index in [2.05, 4.69) is 10.1 Å². The molecule has 0 saturated carbocycles. The van der Waals surface area contributed by atoms with Gasteiger partial charge in [0.1, 0.15) is 0 Å². The Morgan fingerprint density at radius 1 is 1.71 bits per heavy atom. The predicted molar refractivity (Wildman–Crippen MR) is 41.5 cm³/mol. The summed E-state index contributed by atoms with van der Waals surface area (Å²) in [5, 5.41) is 16.8. The molecule has 1 saturated heterocycles. The van der Waals surface area contributed by atoms with Crippen LogP contribution in [0.15, 0.2) is 0 Å². The smallest absolute Gasteiger partial charge is 0.291 e. The molecule has 1 unspecified atom stereocenters. The SMILES string of the molecule is O=[C-]OCC1CCCN1.O=[N+]([O-])O.[Y]. The third-order valence-corrected chi connectivity index (χ3v) is 1.51. The summed E-state index contributed by atoms with van der Waals surface area (Å²) >= 11 is 0. The molecule has 0 aromatic rings. The fourth-order valence-electron chi connectivity index (χ4n) is 1.03. The van der Waals surface area contributed by atoms with Crippen molar-refractivity contribution in [1.82, 2.24) is 5.32 Å². The van der Waals surface area contributed by atoms with E-state index >= 15 is 0 Å². The summed E-state index contributed by atoms with van der Waals surface area (Å²) in [4.78, 5) is 17.9. The van der Waals surface area contributed by atoms with Crippen LogP contribution in [0.5, 0.6) is 0 Å². The van der Waals surface area contributed by atoms with E-state index in [1.54, 1.807) is 0 Å². The minimum Gasteiger partial charge on any atom is -0.652 e. The molecule has 1 fully saturated rings. The van der Waals surface area contributed by atoms with Gasteiger partial charge in [0.05, 0.1) is 6.61 Å². The van der Waals surface area contributed by atoms with Gasteiger partial charge in [-0.15, -0.1) is 10.1 Å². The fourth-order valence-corrected chi connectivity index (χ4v) is 1.03. The Morgan fingerprint density at radius 2 is 2.29 bits per heavy atom. The molecular weight excluding hydrogens is 269 g/mol. The van der Waals surface area contributed by atoms with Crippen molar-refractivity contribution in [3.05, 3.63) is 10.1 Å². The number of rotatable bonds is 3. The molecule has 1 heterocycles. The van der Waals surface area contributed by atoms with Crippen molar-refractivity contribution >= 4 is 6.47 Å². The van der Waals surface area contributed by atoms with Crippen molar-refractivity contribution in [1.29, 1.82) is 0 Å². The van der Waals surface area contributed by atoms with Gasteiger partial charge in [0.15, 0.2) is 0 Å². The van der Waals surface area contributed by atoms with Crippen LogP contribution < -0.4 is 5.32 Å². The van der Waals surface area contributed by atoms with E-state index in [0.29, 0.717) is 12.6 Å². The Kier molecular flexibility index (Phi) is 12.5. The average molecular weight is 280 g/mol. The quantitative estimate of drug-likeness (QED) is 0.409. The summed E-state index contributed by atoms with van der Waals surface area (Å²) in [5.74, 6) is 0. The van der Waals surface area contributed by atoms with E-state index in [1.807, 2.05) is 0 Å². The standard InChI is InChI=1S/C6H10NO2.HNO3.Y/c8-5-9-4-6-2-1-3-7-6;2-1(3)4;/h6-7H,1-4H2;(H,2,3,4);/q-1;;. The molecule has 0 spiro atoms. The van der Waals surface area contributed by atoms with Crippen LogP contribution in [0.25, 0.3) is 0 Å². The molecular formula is C6H11N2O5Y-. The second-order valence-corrected chi connectivity index (χ2v) is 2.43. The molecule has 1 radical (unpaired) electrons. The maximum atomic E-state index is 9.59. The molecule has 14 heavy (non-hydrogen) atoms. The summed E-state index contributed by atoms with van der Waals surface area (Å²) in [6, 6.07) is 0.381. The van der Waals surface area contributed by atoms with Gasteiger partial charge >= 0.3 is 0 Å². The summed E-state index contributed by atoms with van der Waals surface area (Å²) in [5.41, 5.74) is 0. The molecule has 2 N–H and O–H groups in total. The molecule has 0 aromatic heterocycles. The largest absolute Gasteiger partial charge is 0.652 e. The minimum absolute atomic E-state index is 0. The Balaban J connectivity index is 0. The van der Waals surface area contributed by atoms with Gasteiger partial charge in [0, 0.05) is 38.8 Å². The zero-order valence-corrected chi connectivity index (χ0v) is 10.3. The van der Waals surface area contributed by atoms with E-state index in [4.69, 9.17) is 15.3 Å². The first-order valence-corrected chi connectivity index (χ1v) is 3.72. The van der Waals surface area contributed by atoms with Gasteiger partial charge in [0.25, 0.3) is 5.09 Å². The first-order chi connectivity index (χ1) is 6.16. The van der Waals surface area contributed by atoms with Gasteiger partial charge in [-0.3, -0.25) is 0 Å². The van der Waals surface area contributed by atoms with Crippen LogP contribution in [-0.2, 0) is 42.2 Å². The van der Waals surface area contributed by atoms with Crippen molar-refractivity contribution in [2.45, 2.75) is 18.9 Å². The van der Waals surface area contributed by atoms with Crippen LogP contribution in [0.3, 0.4) is 0 Å². The Bertz CT molecular complexity index is 158. The number of carbonyl (C=O) groups excluding carboxylic acids is 1. The molecule has 8 heteroatoms. The second kappa shape index (κ2) is 10.8. The third-order valence-electron chi connectivity index (χ3n) is 1.51. The Hall–Kier alpha value is -0.266. The first-order valence-electron chi connectivity index (χ1n) is 3.72. The average Bonchev–Trinajstić information content (AvgIpc) is 2.51. The molecule has 1 aliphatic rings. The predicted octanol–water partition coefficient (Wildman–Crippen LogP) is -0.528. The van der Waals surface area contributed by atoms with Crippen LogP contribution in [0.4, 0.5) is 0 Å². The van der Waals surface area contributed by atoms with E-state index in [-0.39, 0.29) is 32.7 Å². The number of hydrogen-bond acceptors (Lipinski definition) is 5. The second-order valence-electron chi connectivity index (χ2n) is 2.43. The van der Waals surface area contributed by atoms with Crippen LogP contribution in [0.2, 0.25) is 0 Å². The van der Waals surface area contributed by atoms with Crippen LogP contribution in [0, 0.1) is 10.1 Å². The zero-order chi connectivity index (χ0) is 10.1. The van der Waals surface area contributed by atoms with Crippen molar-refractivity contribution in [2.75, 3.05) is 13.2 Å². The van der Waals surface area contributed by atoms with E-state index in [9.17, 15) is 4.79 Å². The number of hydrogen-bond donors (Lipinski definition) is 2. The molecule has 1 aliphatic heterocycles. The minimum atomic E-state index is -1.50. The number of nitrogens with one attached hydrogen (secondary N) is 1. The van der Waals surface area contributed by atoms with Crippen LogP contribution >= 0.6 is 0 Å². The first kappa shape index (κ1) is 16.2.